The third kappa shape index (κ3) is 9.28. The normalized spacial score (nSPS) is 12.8. The van der Waals surface area contributed by atoms with Crippen LogP contribution in [0.25, 0.3) is 50.2 Å². The first-order valence-corrected chi connectivity index (χ1v) is 23.9. The Hall–Kier alpha value is -7.82. The van der Waals surface area contributed by atoms with Gasteiger partial charge in [-0.25, -0.2) is 9.97 Å². The van der Waals surface area contributed by atoms with Gasteiger partial charge in [-0.05, 0) is 142 Å². The molecule has 0 amide bonds. The van der Waals surface area contributed by atoms with E-state index in [0.29, 0.717) is 0 Å². The van der Waals surface area contributed by atoms with Crippen LogP contribution in [0.5, 0.6) is 0 Å². The number of hydrogen-bond donors (Lipinski definition) is 0. The molecule has 1 aliphatic carbocycles. The lowest BCUT2D eigenvalue weighted by molar-refractivity contribution is 0.590. The monoisotopic (exact) mass is 882 g/mol. The van der Waals surface area contributed by atoms with E-state index in [-0.39, 0.29) is 10.8 Å². The summed E-state index contributed by atoms with van der Waals surface area (Å²) in [5.74, 6) is 0. The molecule has 1 aliphatic rings. The van der Waals surface area contributed by atoms with Crippen LogP contribution in [0.2, 0.25) is 0 Å². The largest absolute Gasteiger partial charge is 0.311 e. The number of anilines is 6. The molecule has 0 unspecified atom stereocenters. The van der Waals surface area contributed by atoms with Crippen molar-refractivity contribution < 1.29 is 0 Å². The Morgan fingerprint density at radius 3 is 1.06 bits per heavy atom. The Bertz CT molecular complexity index is 3220. The zero-order chi connectivity index (χ0) is 46.8. The van der Waals surface area contributed by atoms with Gasteiger partial charge < -0.3 is 9.80 Å². The highest BCUT2D eigenvalue weighted by atomic mass is 15.1. The minimum atomic E-state index is 0.0515. The van der Waals surface area contributed by atoms with Crippen molar-refractivity contribution in [2.75, 3.05) is 9.80 Å². The Kier molecular flexibility index (Phi) is 12.0. The minimum absolute atomic E-state index is 0.0515. The van der Waals surface area contributed by atoms with E-state index in [1.807, 2.05) is 24.3 Å². The molecule has 68 heavy (non-hydrogen) atoms. The van der Waals surface area contributed by atoms with Crippen molar-refractivity contribution >= 4 is 50.7 Å². The molecule has 4 nitrogen and oxygen atoms in total. The molecule has 0 atom stereocenters. The smallest absolute Gasteiger partial charge is 0.0973 e. The second-order valence-electron chi connectivity index (χ2n) is 19.9. The zero-order valence-electron chi connectivity index (χ0n) is 40.0. The first kappa shape index (κ1) is 44.0. The molecule has 1 aromatic heterocycles. The summed E-state index contributed by atoms with van der Waals surface area (Å²) in [5, 5.41) is 0. The Labute approximate surface area is 402 Å². The van der Waals surface area contributed by atoms with E-state index in [9.17, 15) is 0 Å². The summed E-state index contributed by atoms with van der Waals surface area (Å²) in [6.45, 7) is 13.6. The molecule has 0 aliphatic heterocycles. The third-order valence-electron chi connectivity index (χ3n) is 13.1. The average Bonchev–Trinajstić information content (AvgIpc) is 3.37. The van der Waals surface area contributed by atoms with E-state index >= 15 is 0 Å². The summed E-state index contributed by atoms with van der Waals surface area (Å²) < 4.78 is 0. The highest BCUT2D eigenvalue weighted by molar-refractivity contribution is 5.88. The molecule has 0 fully saturated rings. The van der Waals surface area contributed by atoms with Crippen molar-refractivity contribution in [3.8, 4) is 33.6 Å². The molecule has 4 heteroatoms. The second kappa shape index (κ2) is 18.5. The summed E-state index contributed by atoms with van der Waals surface area (Å²) in [4.78, 5) is 15.3. The van der Waals surface area contributed by atoms with Crippen LogP contribution >= 0.6 is 0 Å². The lowest BCUT2D eigenvalue weighted by Crippen LogP contribution is -2.13. The maximum absolute atomic E-state index is 5.32. The highest BCUT2D eigenvalue weighted by Crippen LogP contribution is 2.41. The van der Waals surface area contributed by atoms with Gasteiger partial charge >= 0.3 is 0 Å². The van der Waals surface area contributed by atoms with Crippen molar-refractivity contribution in [3.05, 3.63) is 235 Å². The molecule has 0 bridgehead atoms. The van der Waals surface area contributed by atoms with Crippen molar-refractivity contribution in [1.82, 2.24) is 9.97 Å². The molecule has 1 heterocycles. The fourth-order valence-corrected chi connectivity index (χ4v) is 9.16. The molecule has 0 saturated carbocycles. The van der Waals surface area contributed by atoms with E-state index in [1.165, 1.54) is 33.4 Å². The van der Waals surface area contributed by atoms with Crippen molar-refractivity contribution in [3.63, 3.8) is 0 Å². The number of hydrogen-bond acceptors (Lipinski definition) is 4. The maximum atomic E-state index is 5.32. The van der Waals surface area contributed by atoms with Gasteiger partial charge in [0.05, 0.1) is 22.4 Å². The highest BCUT2D eigenvalue weighted by Gasteiger charge is 2.21. The van der Waals surface area contributed by atoms with Gasteiger partial charge in [0.25, 0.3) is 0 Å². The van der Waals surface area contributed by atoms with Crippen LogP contribution in [0.3, 0.4) is 0 Å². The first-order valence-electron chi connectivity index (χ1n) is 23.9. The topological polar surface area (TPSA) is 32.3 Å². The lowest BCUT2D eigenvalue weighted by atomic mass is 9.87. The van der Waals surface area contributed by atoms with Crippen LogP contribution in [0.1, 0.15) is 71.1 Å². The molecular formula is C64H58N4. The predicted molar refractivity (Wildman–Crippen MR) is 289 cm³/mol. The summed E-state index contributed by atoms with van der Waals surface area (Å²) in [7, 11) is 0. The first-order chi connectivity index (χ1) is 33.0. The Morgan fingerprint density at radius 2 is 0.691 bits per heavy atom. The molecular weight excluding hydrogens is 825 g/mol. The van der Waals surface area contributed by atoms with Gasteiger partial charge in [-0.2, -0.15) is 0 Å². The molecule has 8 aromatic carbocycles. The SMILES string of the molecule is CC(C)(C)c1ccc(N(c2ccc(C3=CC=CCC3)cc2)c2ccc(-c3nc4ccccc4nc3-c3ccc(N(c4ccc(-c5ccccc5)cc4)c4ccc(C(C)(C)C)cc4)cc3)cc2)cc1. The molecule has 10 rings (SSSR count). The molecule has 0 N–H and O–H groups in total. The third-order valence-corrected chi connectivity index (χ3v) is 13.1. The number of benzene rings is 8. The van der Waals surface area contributed by atoms with Crippen molar-refractivity contribution in [1.29, 1.82) is 0 Å². The summed E-state index contributed by atoms with van der Waals surface area (Å²) >= 11 is 0. The molecule has 9 aromatic rings. The molecule has 0 spiro atoms. The molecule has 0 radical (unpaired) electrons. The van der Waals surface area contributed by atoms with E-state index < -0.39 is 0 Å². The quantitative estimate of drug-likeness (QED) is 0.137. The van der Waals surface area contributed by atoms with Gasteiger partial charge in [0.15, 0.2) is 0 Å². The number of allylic oxidation sites excluding steroid dienone is 4. The Morgan fingerprint density at radius 1 is 0.353 bits per heavy atom. The average molecular weight is 883 g/mol. The predicted octanol–water partition coefficient (Wildman–Crippen LogP) is 17.9. The van der Waals surface area contributed by atoms with E-state index in [1.54, 1.807) is 0 Å². The van der Waals surface area contributed by atoms with Crippen LogP contribution in [-0.4, -0.2) is 9.97 Å². The van der Waals surface area contributed by atoms with Gasteiger partial charge in [0.2, 0.25) is 0 Å². The fourth-order valence-electron chi connectivity index (χ4n) is 9.16. The van der Waals surface area contributed by atoms with Crippen LogP contribution in [-0.2, 0) is 10.8 Å². The number of nitrogens with zero attached hydrogens (tertiary/aromatic N) is 4. The zero-order valence-corrected chi connectivity index (χ0v) is 40.0. The molecule has 0 saturated heterocycles. The summed E-state index contributed by atoms with van der Waals surface area (Å²) in [5.41, 5.74) is 19.7. The van der Waals surface area contributed by atoms with E-state index in [2.05, 4.69) is 245 Å². The maximum Gasteiger partial charge on any atom is 0.0973 e. The summed E-state index contributed by atoms with van der Waals surface area (Å²) in [6, 6.07) is 72.2. The fraction of sp³-hybridized carbons (Fsp3) is 0.156. The van der Waals surface area contributed by atoms with E-state index in [0.717, 1.165) is 80.5 Å². The number of fused-ring (bicyclic) bond motifs is 1. The summed E-state index contributed by atoms with van der Waals surface area (Å²) in [6.07, 6.45) is 8.80. The molecule has 334 valence electrons. The number of aromatic nitrogens is 2. The van der Waals surface area contributed by atoms with Crippen LogP contribution in [0.15, 0.2) is 218 Å². The van der Waals surface area contributed by atoms with Gasteiger partial charge in [0, 0.05) is 45.3 Å². The minimum Gasteiger partial charge on any atom is -0.311 e. The second-order valence-corrected chi connectivity index (χ2v) is 19.9. The number of rotatable bonds is 10. The van der Waals surface area contributed by atoms with Crippen LogP contribution in [0.4, 0.5) is 34.1 Å². The van der Waals surface area contributed by atoms with Crippen LogP contribution in [0, 0.1) is 0 Å². The van der Waals surface area contributed by atoms with Gasteiger partial charge in [0.1, 0.15) is 0 Å². The number of para-hydroxylation sites is 2. The lowest BCUT2D eigenvalue weighted by Gasteiger charge is -2.27. The van der Waals surface area contributed by atoms with Gasteiger partial charge in [-0.15, -0.1) is 0 Å². The van der Waals surface area contributed by atoms with Crippen molar-refractivity contribution in [2.45, 2.75) is 65.2 Å². The van der Waals surface area contributed by atoms with Crippen molar-refractivity contribution in [2.24, 2.45) is 0 Å². The van der Waals surface area contributed by atoms with Crippen LogP contribution < -0.4 is 9.80 Å². The Balaban J connectivity index is 1.02. The standard InChI is InChI=1S/C64H58N4/c1-63(2,3)51-29-41-57(42-30-51)67(53-33-21-47(22-34-53)45-15-9-7-10-16-45)55-37-25-49(26-38-55)61-62(66-60-20-14-13-19-59(60)65-61)50-27-39-56(40-28-50)68(58-43-31-52(32-44-58)64(4,5)6)54-35-23-48(24-36-54)46-17-11-8-12-18-46/h7-11,13-17,19-44H,12,18H2,1-6H3. The van der Waals surface area contributed by atoms with Gasteiger partial charge in [-0.1, -0.05) is 175 Å². The van der Waals surface area contributed by atoms with E-state index in [4.69, 9.17) is 9.97 Å². The van der Waals surface area contributed by atoms with Gasteiger partial charge in [-0.3, -0.25) is 0 Å².